The summed E-state index contributed by atoms with van der Waals surface area (Å²) in [5.74, 6) is 0.130. The standard InChI is InChI=1S/C16H28N2O5/c1-2-3-4-11-5-12(7-17-9-14(19)20)16(23)13(6-11)8-18-10-15(21)22/h5-6,14-15,17-23H,2-4,7-10H2,1H3. The molecule has 0 saturated carbocycles. The molecule has 0 unspecified atom stereocenters. The number of aryl methyl sites for hydroxylation is 1. The van der Waals surface area contributed by atoms with E-state index in [1.165, 1.54) is 0 Å². The summed E-state index contributed by atoms with van der Waals surface area (Å²) < 4.78 is 0. The van der Waals surface area contributed by atoms with Crippen LogP contribution in [0.1, 0.15) is 36.5 Å². The molecule has 1 aromatic rings. The number of phenolic OH excluding ortho intramolecular Hbond substituents is 1. The van der Waals surface area contributed by atoms with Crippen molar-refractivity contribution in [3.63, 3.8) is 0 Å². The van der Waals surface area contributed by atoms with Crippen LogP contribution in [0.4, 0.5) is 0 Å². The van der Waals surface area contributed by atoms with Crippen molar-refractivity contribution in [2.24, 2.45) is 0 Å². The van der Waals surface area contributed by atoms with Gasteiger partial charge < -0.3 is 36.2 Å². The highest BCUT2D eigenvalue weighted by atomic mass is 16.5. The Balaban J connectivity index is 2.83. The number of aliphatic hydroxyl groups excluding tert-OH is 2. The minimum absolute atomic E-state index is 0.0168. The molecule has 7 heteroatoms. The number of aromatic hydroxyl groups is 1. The second kappa shape index (κ2) is 10.5. The largest absolute Gasteiger partial charge is 0.507 e. The highest BCUT2D eigenvalue weighted by Crippen LogP contribution is 2.25. The van der Waals surface area contributed by atoms with Crippen molar-refractivity contribution < 1.29 is 25.5 Å². The molecule has 0 fully saturated rings. The molecule has 0 aliphatic heterocycles. The molecule has 7 nitrogen and oxygen atoms in total. The Labute approximate surface area is 136 Å². The van der Waals surface area contributed by atoms with E-state index in [1.807, 2.05) is 12.1 Å². The van der Waals surface area contributed by atoms with Crippen LogP contribution in [0.3, 0.4) is 0 Å². The second-order valence-corrected chi connectivity index (χ2v) is 5.59. The Morgan fingerprint density at radius 2 is 1.39 bits per heavy atom. The number of hydrogen-bond donors (Lipinski definition) is 7. The van der Waals surface area contributed by atoms with Crippen molar-refractivity contribution in [1.82, 2.24) is 10.6 Å². The Kier molecular flexibility index (Phi) is 9.08. The monoisotopic (exact) mass is 328 g/mol. The van der Waals surface area contributed by atoms with E-state index in [2.05, 4.69) is 17.6 Å². The highest BCUT2D eigenvalue weighted by Gasteiger charge is 2.11. The number of hydrogen-bond acceptors (Lipinski definition) is 7. The molecule has 0 amide bonds. The molecule has 0 aliphatic carbocycles. The lowest BCUT2D eigenvalue weighted by Gasteiger charge is -2.15. The summed E-state index contributed by atoms with van der Waals surface area (Å²) in [6.45, 7) is 2.78. The van der Waals surface area contributed by atoms with E-state index in [9.17, 15) is 5.11 Å². The molecule has 1 aromatic carbocycles. The van der Waals surface area contributed by atoms with Crippen LogP contribution in [0.25, 0.3) is 0 Å². The van der Waals surface area contributed by atoms with Crippen LogP contribution in [-0.2, 0) is 19.5 Å². The predicted molar refractivity (Wildman–Crippen MR) is 86.6 cm³/mol. The highest BCUT2D eigenvalue weighted by molar-refractivity contribution is 5.44. The molecule has 0 aliphatic rings. The Hall–Kier alpha value is -1.22. The first-order valence-corrected chi connectivity index (χ1v) is 7.91. The van der Waals surface area contributed by atoms with Gasteiger partial charge in [-0.1, -0.05) is 25.5 Å². The minimum Gasteiger partial charge on any atom is -0.507 e. The van der Waals surface area contributed by atoms with Gasteiger partial charge in [-0.2, -0.15) is 0 Å². The molecule has 0 saturated heterocycles. The van der Waals surface area contributed by atoms with E-state index in [1.54, 1.807) is 0 Å². The zero-order valence-corrected chi connectivity index (χ0v) is 13.5. The van der Waals surface area contributed by atoms with Gasteiger partial charge in [0, 0.05) is 37.3 Å². The van der Waals surface area contributed by atoms with Crippen LogP contribution in [0, 0.1) is 0 Å². The van der Waals surface area contributed by atoms with Crippen LogP contribution in [0.15, 0.2) is 12.1 Å². The zero-order valence-electron chi connectivity index (χ0n) is 13.5. The first-order chi connectivity index (χ1) is 10.9. The maximum atomic E-state index is 10.3. The third-order valence-electron chi connectivity index (χ3n) is 3.43. The van der Waals surface area contributed by atoms with Gasteiger partial charge in [0.25, 0.3) is 0 Å². The van der Waals surface area contributed by atoms with Gasteiger partial charge >= 0.3 is 0 Å². The van der Waals surface area contributed by atoms with Gasteiger partial charge in [0.15, 0.2) is 12.6 Å². The van der Waals surface area contributed by atoms with Crippen LogP contribution in [0.2, 0.25) is 0 Å². The van der Waals surface area contributed by atoms with Crippen molar-refractivity contribution >= 4 is 0 Å². The van der Waals surface area contributed by atoms with Crippen molar-refractivity contribution in [3.05, 3.63) is 28.8 Å². The van der Waals surface area contributed by atoms with E-state index in [0.29, 0.717) is 24.2 Å². The van der Waals surface area contributed by atoms with Gasteiger partial charge in [-0.15, -0.1) is 0 Å². The van der Waals surface area contributed by atoms with Crippen LogP contribution >= 0.6 is 0 Å². The molecular weight excluding hydrogens is 300 g/mol. The van der Waals surface area contributed by atoms with Gasteiger partial charge in [-0.05, 0) is 18.4 Å². The van der Waals surface area contributed by atoms with Gasteiger partial charge in [0.1, 0.15) is 5.75 Å². The topological polar surface area (TPSA) is 125 Å². The molecule has 7 N–H and O–H groups in total. The second-order valence-electron chi connectivity index (χ2n) is 5.59. The third kappa shape index (κ3) is 7.74. The summed E-state index contributed by atoms with van der Waals surface area (Å²) in [5.41, 5.74) is 2.45. The molecule has 0 atom stereocenters. The van der Waals surface area contributed by atoms with E-state index in [4.69, 9.17) is 20.4 Å². The molecule has 132 valence electrons. The number of unbranched alkanes of at least 4 members (excludes halogenated alkanes) is 1. The van der Waals surface area contributed by atoms with E-state index < -0.39 is 12.6 Å². The summed E-state index contributed by atoms with van der Waals surface area (Å²) in [7, 11) is 0. The Morgan fingerprint density at radius 3 is 1.78 bits per heavy atom. The quantitative estimate of drug-likeness (QED) is 0.274. The maximum absolute atomic E-state index is 10.3. The molecule has 0 heterocycles. The van der Waals surface area contributed by atoms with Crippen LogP contribution in [0.5, 0.6) is 5.75 Å². The fraction of sp³-hybridized carbons (Fsp3) is 0.625. The van der Waals surface area contributed by atoms with Crippen LogP contribution in [-0.4, -0.2) is 51.2 Å². The lowest BCUT2D eigenvalue weighted by atomic mass is 10.00. The molecule has 0 aromatic heterocycles. The van der Waals surface area contributed by atoms with Gasteiger partial charge in [0.05, 0.1) is 0 Å². The molecular formula is C16H28N2O5. The first kappa shape index (κ1) is 19.8. The minimum atomic E-state index is -1.44. The molecule has 0 bridgehead atoms. The maximum Gasteiger partial charge on any atom is 0.164 e. The summed E-state index contributed by atoms with van der Waals surface area (Å²) in [6, 6.07) is 3.82. The van der Waals surface area contributed by atoms with E-state index >= 15 is 0 Å². The summed E-state index contributed by atoms with van der Waals surface area (Å²) in [4.78, 5) is 0. The summed E-state index contributed by atoms with van der Waals surface area (Å²) in [5, 5.41) is 51.5. The smallest absolute Gasteiger partial charge is 0.164 e. The van der Waals surface area contributed by atoms with Crippen molar-refractivity contribution in [2.45, 2.75) is 51.9 Å². The molecule has 23 heavy (non-hydrogen) atoms. The number of phenols is 1. The fourth-order valence-electron chi connectivity index (χ4n) is 2.30. The molecule has 0 radical (unpaired) electrons. The SMILES string of the molecule is CCCCc1cc(CNCC(O)O)c(O)c(CNCC(O)O)c1. The lowest BCUT2D eigenvalue weighted by Crippen LogP contribution is -2.27. The van der Waals surface area contributed by atoms with E-state index in [-0.39, 0.29) is 18.8 Å². The summed E-state index contributed by atoms with van der Waals surface area (Å²) >= 11 is 0. The molecule has 1 rings (SSSR count). The van der Waals surface area contributed by atoms with Gasteiger partial charge in [0.2, 0.25) is 0 Å². The predicted octanol–water partition coefficient (Wildman–Crippen LogP) is -0.465. The Bertz CT molecular complexity index is 431. The third-order valence-corrected chi connectivity index (χ3v) is 3.43. The van der Waals surface area contributed by atoms with Gasteiger partial charge in [-0.25, -0.2) is 0 Å². The first-order valence-electron chi connectivity index (χ1n) is 7.91. The van der Waals surface area contributed by atoms with Crippen LogP contribution < -0.4 is 10.6 Å². The normalized spacial score (nSPS) is 11.6. The number of rotatable bonds is 11. The average molecular weight is 328 g/mol. The van der Waals surface area contributed by atoms with E-state index in [0.717, 1.165) is 24.8 Å². The number of aliphatic hydroxyl groups is 4. The zero-order chi connectivity index (χ0) is 17.2. The van der Waals surface area contributed by atoms with Crippen molar-refractivity contribution in [3.8, 4) is 5.75 Å². The Morgan fingerprint density at radius 1 is 0.913 bits per heavy atom. The van der Waals surface area contributed by atoms with Gasteiger partial charge in [-0.3, -0.25) is 0 Å². The fourth-order valence-corrected chi connectivity index (χ4v) is 2.30. The average Bonchev–Trinajstić information content (AvgIpc) is 2.48. The lowest BCUT2D eigenvalue weighted by molar-refractivity contribution is -0.0379. The number of benzene rings is 1. The molecule has 0 spiro atoms. The number of nitrogens with one attached hydrogen (secondary N) is 2. The van der Waals surface area contributed by atoms with Crippen molar-refractivity contribution in [1.29, 1.82) is 0 Å². The van der Waals surface area contributed by atoms with Crippen molar-refractivity contribution in [2.75, 3.05) is 13.1 Å². The summed E-state index contributed by atoms with van der Waals surface area (Å²) in [6.07, 6.45) is 0.118.